The zero-order valence-electron chi connectivity index (χ0n) is 6.24. The van der Waals surface area contributed by atoms with Gasteiger partial charge in [0.25, 0.3) is 0 Å². The zero-order valence-corrected chi connectivity index (χ0v) is 7.06. The van der Waals surface area contributed by atoms with Gasteiger partial charge in [0.05, 0.1) is 4.90 Å². The lowest BCUT2D eigenvalue weighted by atomic mass is 10.2. The van der Waals surface area contributed by atoms with E-state index in [1.165, 1.54) is 6.26 Å². The Labute approximate surface area is 66.8 Å². The Hall–Kier alpha value is -0.830. The average molecular weight is 169 g/mol. The van der Waals surface area contributed by atoms with Crippen LogP contribution in [0.15, 0.2) is 29.2 Å². The third kappa shape index (κ3) is 2.05. The van der Waals surface area contributed by atoms with Gasteiger partial charge < -0.3 is 0 Å². The minimum Gasteiger partial charge on any atom is -0.224 e. The normalized spacial score (nSPS) is 11.5. The lowest BCUT2D eigenvalue weighted by Gasteiger charge is -1.97. The summed E-state index contributed by atoms with van der Waals surface area (Å²) in [6, 6.07) is 6.55. The van der Waals surface area contributed by atoms with E-state index in [2.05, 4.69) is 6.92 Å². The molecule has 0 aliphatic heterocycles. The van der Waals surface area contributed by atoms with Crippen molar-refractivity contribution in [1.82, 2.24) is 0 Å². The number of hydrogen-bond donors (Lipinski definition) is 0. The molecule has 0 atom stereocenters. The van der Waals surface area contributed by atoms with Crippen molar-refractivity contribution in [3.8, 4) is 0 Å². The SMILES string of the molecule is [CH2]c1cccc(S(C)(=O)=O)c1. The van der Waals surface area contributed by atoms with Crippen molar-refractivity contribution in [2.75, 3.05) is 6.26 Å². The zero-order chi connectivity index (χ0) is 8.48. The van der Waals surface area contributed by atoms with Crippen LogP contribution in [0.2, 0.25) is 0 Å². The maximum absolute atomic E-state index is 11.0. The molecule has 0 aliphatic rings. The number of benzene rings is 1. The Morgan fingerprint density at radius 1 is 1.36 bits per heavy atom. The van der Waals surface area contributed by atoms with Crippen molar-refractivity contribution in [3.05, 3.63) is 36.8 Å². The van der Waals surface area contributed by atoms with E-state index in [0.29, 0.717) is 10.5 Å². The highest BCUT2D eigenvalue weighted by molar-refractivity contribution is 7.90. The molecule has 0 saturated carbocycles. The van der Waals surface area contributed by atoms with E-state index in [-0.39, 0.29) is 0 Å². The van der Waals surface area contributed by atoms with Crippen molar-refractivity contribution in [3.63, 3.8) is 0 Å². The second-order valence-electron chi connectivity index (χ2n) is 2.42. The molecule has 1 rings (SSSR count). The van der Waals surface area contributed by atoms with Gasteiger partial charge in [0.1, 0.15) is 0 Å². The van der Waals surface area contributed by atoms with Gasteiger partial charge in [-0.1, -0.05) is 12.1 Å². The highest BCUT2D eigenvalue weighted by Gasteiger charge is 2.04. The summed E-state index contributed by atoms with van der Waals surface area (Å²) in [4.78, 5) is 0.324. The number of hydrogen-bond acceptors (Lipinski definition) is 2. The molecule has 0 aliphatic carbocycles. The fraction of sp³-hybridized carbons (Fsp3) is 0.125. The summed E-state index contributed by atoms with van der Waals surface area (Å²) >= 11 is 0. The first-order chi connectivity index (χ1) is 5.00. The molecule has 1 radical (unpaired) electrons. The van der Waals surface area contributed by atoms with Crippen molar-refractivity contribution < 1.29 is 8.42 Å². The van der Waals surface area contributed by atoms with Crippen molar-refractivity contribution >= 4 is 9.84 Å². The quantitative estimate of drug-likeness (QED) is 0.634. The van der Waals surface area contributed by atoms with Crippen LogP contribution in [0.3, 0.4) is 0 Å². The monoisotopic (exact) mass is 169 g/mol. The van der Waals surface area contributed by atoms with Gasteiger partial charge in [-0.3, -0.25) is 0 Å². The topological polar surface area (TPSA) is 34.1 Å². The molecular formula is C8H9O2S. The minimum atomic E-state index is -3.07. The molecule has 11 heavy (non-hydrogen) atoms. The largest absolute Gasteiger partial charge is 0.224 e. The summed E-state index contributed by atoms with van der Waals surface area (Å²) in [5.74, 6) is 0. The standard InChI is InChI=1S/C8H9O2S/c1-7-4-3-5-8(6-7)11(2,9)10/h3-6H,1H2,2H3. The summed E-state index contributed by atoms with van der Waals surface area (Å²) in [6.07, 6.45) is 1.18. The van der Waals surface area contributed by atoms with E-state index in [0.717, 1.165) is 0 Å². The molecule has 0 heterocycles. The molecule has 2 nitrogen and oxygen atoms in total. The Kier molecular flexibility index (Phi) is 2.00. The summed E-state index contributed by atoms with van der Waals surface area (Å²) in [6.45, 7) is 3.63. The highest BCUT2D eigenvalue weighted by Crippen LogP contribution is 2.09. The van der Waals surface area contributed by atoms with Crippen LogP contribution in [-0.2, 0) is 9.84 Å². The number of sulfone groups is 1. The molecule has 3 heteroatoms. The van der Waals surface area contributed by atoms with Gasteiger partial charge in [-0.15, -0.1) is 0 Å². The smallest absolute Gasteiger partial charge is 0.175 e. The second-order valence-corrected chi connectivity index (χ2v) is 4.44. The molecule has 59 valence electrons. The summed E-state index contributed by atoms with van der Waals surface area (Å²) < 4.78 is 21.9. The van der Waals surface area contributed by atoms with Crippen LogP contribution < -0.4 is 0 Å². The van der Waals surface area contributed by atoms with E-state index < -0.39 is 9.84 Å². The Balaban J connectivity index is 3.28. The fourth-order valence-corrected chi connectivity index (χ4v) is 1.47. The van der Waals surface area contributed by atoms with Crippen LogP contribution in [0.25, 0.3) is 0 Å². The van der Waals surface area contributed by atoms with E-state index in [4.69, 9.17) is 0 Å². The molecule has 0 fully saturated rings. The highest BCUT2D eigenvalue weighted by atomic mass is 32.2. The van der Waals surface area contributed by atoms with Gasteiger partial charge in [0.2, 0.25) is 0 Å². The van der Waals surface area contributed by atoms with Crippen LogP contribution in [0.4, 0.5) is 0 Å². The predicted octanol–water partition coefficient (Wildman–Crippen LogP) is 1.27. The Morgan fingerprint density at radius 3 is 2.36 bits per heavy atom. The summed E-state index contributed by atoms with van der Waals surface area (Å²) in [7, 11) is -3.07. The lowest BCUT2D eigenvalue weighted by Crippen LogP contribution is -1.96. The molecule has 1 aromatic carbocycles. The molecule has 0 spiro atoms. The van der Waals surface area contributed by atoms with Crippen LogP contribution in [0.1, 0.15) is 5.56 Å². The maximum atomic E-state index is 11.0. The molecule has 0 bridgehead atoms. The summed E-state index contributed by atoms with van der Waals surface area (Å²) in [5, 5.41) is 0. The van der Waals surface area contributed by atoms with Crippen molar-refractivity contribution in [1.29, 1.82) is 0 Å². The van der Waals surface area contributed by atoms with Crippen molar-refractivity contribution in [2.24, 2.45) is 0 Å². The third-order valence-electron chi connectivity index (χ3n) is 1.33. The van der Waals surface area contributed by atoms with Crippen LogP contribution in [0.5, 0.6) is 0 Å². The van der Waals surface area contributed by atoms with E-state index in [1.807, 2.05) is 0 Å². The van der Waals surface area contributed by atoms with Crippen LogP contribution in [-0.4, -0.2) is 14.7 Å². The molecule has 0 aromatic heterocycles. The molecule has 0 unspecified atom stereocenters. The summed E-state index contributed by atoms with van der Waals surface area (Å²) in [5.41, 5.74) is 0.716. The Morgan fingerprint density at radius 2 is 2.00 bits per heavy atom. The molecule has 1 aromatic rings. The van der Waals surface area contributed by atoms with E-state index in [9.17, 15) is 8.42 Å². The fourth-order valence-electron chi connectivity index (χ4n) is 0.776. The Bertz CT molecular complexity index is 352. The van der Waals surface area contributed by atoms with Gasteiger partial charge in [-0.25, -0.2) is 8.42 Å². The first-order valence-corrected chi connectivity index (χ1v) is 5.01. The molecule has 0 N–H and O–H groups in total. The molecule has 0 amide bonds. The van der Waals surface area contributed by atoms with Gasteiger partial charge in [-0.05, 0) is 24.6 Å². The average Bonchev–Trinajstić information content (AvgIpc) is 1.86. The van der Waals surface area contributed by atoms with E-state index in [1.54, 1.807) is 24.3 Å². The maximum Gasteiger partial charge on any atom is 0.175 e. The first-order valence-electron chi connectivity index (χ1n) is 3.12. The first kappa shape index (κ1) is 8.27. The van der Waals surface area contributed by atoms with Crippen LogP contribution >= 0.6 is 0 Å². The minimum absolute atomic E-state index is 0.324. The third-order valence-corrected chi connectivity index (χ3v) is 2.44. The van der Waals surface area contributed by atoms with Gasteiger partial charge >= 0.3 is 0 Å². The van der Waals surface area contributed by atoms with Gasteiger partial charge in [-0.2, -0.15) is 0 Å². The second kappa shape index (κ2) is 2.66. The molecule has 0 saturated heterocycles. The lowest BCUT2D eigenvalue weighted by molar-refractivity contribution is 0.602. The van der Waals surface area contributed by atoms with Crippen LogP contribution in [0, 0.1) is 6.92 Å². The predicted molar refractivity (Wildman–Crippen MR) is 44.0 cm³/mol. The van der Waals surface area contributed by atoms with E-state index >= 15 is 0 Å². The van der Waals surface area contributed by atoms with Gasteiger partial charge in [0, 0.05) is 6.26 Å². The van der Waals surface area contributed by atoms with Gasteiger partial charge in [0.15, 0.2) is 9.84 Å². The van der Waals surface area contributed by atoms with Crippen molar-refractivity contribution in [2.45, 2.75) is 4.90 Å². The number of rotatable bonds is 1. The molecular weight excluding hydrogens is 160 g/mol.